The van der Waals surface area contributed by atoms with Gasteiger partial charge in [-0.2, -0.15) is 5.26 Å². The SMILES string of the molecule is Cc1cc(NC(C)C(=O)O)ccc1C#N. The quantitative estimate of drug-likeness (QED) is 0.786. The van der Waals surface area contributed by atoms with Crippen LogP contribution >= 0.6 is 0 Å². The Hall–Kier alpha value is -2.02. The molecule has 4 heteroatoms. The Morgan fingerprint density at radius 1 is 1.60 bits per heavy atom. The molecule has 0 aromatic heterocycles. The van der Waals surface area contributed by atoms with E-state index >= 15 is 0 Å². The minimum atomic E-state index is -0.906. The summed E-state index contributed by atoms with van der Waals surface area (Å²) in [5.41, 5.74) is 2.14. The Balaban J connectivity index is 2.85. The standard InChI is InChI=1S/C11H12N2O2/c1-7-5-10(4-3-9(7)6-12)13-8(2)11(14)15/h3-5,8,13H,1-2H3,(H,14,15). The van der Waals surface area contributed by atoms with Crippen molar-refractivity contribution < 1.29 is 9.90 Å². The van der Waals surface area contributed by atoms with Crippen LogP contribution in [0.25, 0.3) is 0 Å². The number of rotatable bonds is 3. The summed E-state index contributed by atoms with van der Waals surface area (Å²) in [4.78, 5) is 10.6. The van der Waals surface area contributed by atoms with Gasteiger partial charge in [0, 0.05) is 5.69 Å². The van der Waals surface area contributed by atoms with Crippen LogP contribution < -0.4 is 5.32 Å². The fourth-order valence-electron chi connectivity index (χ4n) is 1.19. The highest BCUT2D eigenvalue weighted by molar-refractivity contribution is 5.76. The molecule has 0 spiro atoms. The lowest BCUT2D eigenvalue weighted by molar-refractivity contribution is -0.137. The largest absolute Gasteiger partial charge is 0.480 e. The number of carboxylic acid groups (broad SMARTS) is 1. The van der Waals surface area contributed by atoms with Crippen molar-refractivity contribution in [2.45, 2.75) is 19.9 Å². The highest BCUT2D eigenvalue weighted by Crippen LogP contribution is 2.15. The highest BCUT2D eigenvalue weighted by atomic mass is 16.4. The maximum absolute atomic E-state index is 10.6. The van der Waals surface area contributed by atoms with Crippen molar-refractivity contribution in [3.8, 4) is 6.07 Å². The lowest BCUT2D eigenvalue weighted by atomic mass is 10.1. The summed E-state index contributed by atoms with van der Waals surface area (Å²) >= 11 is 0. The third kappa shape index (κ3) is 2.71. The van der Waals surface area contributed by atoms with Gasteiger partial charge in [-0.3, -0.25) is 4.79 Å². The average Bonchev–Trinajstić information content (AvgIpc) is 2.18. The van der Waals surface area contributed by atoms with E-state index in [4.69, 9.17) is 10.4 Å². The molecule has 0 radical (unpaired) electrons. The van der Waals surface area contributed by atoms with Crippen molar-refractivity contribution >= 4 is 11.7 Å². The Kier molecular flexibility index (Phi) is 3.29. The molecule has 1 aromatic carbocycles. The lowest BCUT2D eigenvalue weighted by Gasteiger charge is -2.11. The second-order valence-corrected chi connectivity index (χ2v) is 3.35. The first-order chi connectivity index (χ1) is 7.04. The van der Waals surface area contributed by atoms with Gasteiger partial charge in [-0.15, -0.1) is 0 Å². The first-order valence-corrected chi connectivity index (χ1v) is 4.54. The summed E-state index contributed by atoms with van der Waals surface area (Å²) in [6.07, 6.45) is 0. The van der Waals surface area contributed by atoms with Gasteiger partial charge < -0.3 is 10.4 Å². The topological polar surface area (TPSA) is 73.1 Å². The van der Waals surface area contributed by atoms with Crippen molar-refractivity contribution in [3.63, 3.8) is 0 Å². The molecule has 0 amide bonds. The molecule has 1 unspecified atom stereocenters. The van der Waals surface area contributed by atoms with E-state index in [0.29, 0.717) is 11.3 Å². The minimum Gasteiger partial charge on any atom is -0.480 e. The maximum Gasteiger partial charge on any atom is 0.325 e. The highest BCUT2D eigenvalue weighted by Gasteiger charge is 2.10. The molecular weight excluding hydrogens is 192 g/mol. The molecule has 0 heterocycles. The van der Waals surface area contributed by atoms with E-state index in [9.17, 15) is 4.79 Å². The van der Waals surface area contributed by atoms with E-state index < -0.39 is 12.0 Å². The molecule has 2 N–H and O–H groups in total. The number of nitrogens with one attached hydrogen (secondary N) is 1. The van der Waals surface area contributed by atoms with Crippen molar-refractivity contribution in [1.82, 2.24) is 0 Å². The normalized spacial score (nSPS) is 11.5. The Morgan fingerprint density at radius 2 is 2.27 bits per heavy atom. The van der Waals surface area contributed by atoms with Crippen LogP contribution in [0.3, 0.4) is 0 Å². The van der Waals surface area contributed by atoms with E-state index in [1.807, 2.05) is 6.92 Å². The molecule has 0 saturated heterocycles. The summed E-state index contributed by atoms with van der Waals surface area (Å²) in [5.74, 6) is -0.906. The number of aryl methyl sites for hydroxylation is 1. The van der Waals surface area contributed by atoms with Crippen LogP contribution in [-0.2, 0) is 4.79 Å². The molecule has 0 aliphatic heterocycles. The number of nitrogens with zero attached hydrogens (tertiary/aromatic N) is 1. The number of aliphatic carboxylic acids is 1. The molecule has 1 aromatic rings. The molecule has 0 bridgehead atoms. The second kappa shape index (κ2) is 4.47. The summed E-state index contributed by atoms with van der Waals surface area (Å²) < 4.78 is 0. The molecule has 78 valence electrons. The van der Waals surface area contributed by atoms with Gasteiger partial charge in [0.05, 0.1) is 11.6 Å². The maximum atomic E-state index is 10.6. The van der Waals surface area contributed by atoms with E-state index in [-0.39, 0.29) is 0 Å². The number of benzene rings is 1. The van der Waals surface area contributed by atoms with Gasteiger partial charge in [0.1, 0.15) is 6.04 Å². The van der Waals surface area contributed by atoms with E-state index in [0.717, 1.165) is 5.56 Å². The van der Waals surface area contributed by atoms with Gasteiger partial charge in [-0.05, 0) is 37.6 Å². The Bertz CT molecular complexity index is 421. The van der Waals surface area contributed by atoms with Crippen LogP contribution in [0.4, 0.5) is 5.69 Å². The van der Waals surface area contributed by atoms with Crippen LogP contribution in [0.15, 0.2) is 18.2 Å². The lowest BCUT2D eigenvalue weighted by Crippen LogP contribution is -2.25. The number of carboxylic acids is 1. The Labute approximate surface area is 88.2 Å². The summed E-state index contributed by atoms with van der Waals surface area (Å²) in [6, 6.07) is 6.55. The van der Waals surface area contributed by atoms with Gasteiger partial charge in [-0.25, -0.2) is 0 Å². The fourth-order valence-corrected chi connectivity index (χ4v) is 1.19. The van der Waals surface area contributed by atoms with Crippen LogP contribution in [0.2, 0.25) is 0 Å². The molecule has 0 saturated carbocycles. The molecule has 0 aliphatic carbocycles. The zero-order valence-electron chi connectivity index (χ0n) is 8.61. The van der Waals surface area contributed by atoms with Gasteiger partial charge in [0.25, 0.3) is 0 Å². The number of carbonyl (C=O) groups is 1. The first kappa shape index (κ1) is 11.1. The molecule has 15 heavy (non-hydrogen) atoms. The minimum absolute atomic E-state index is 0.600. The van der Waals surface area contributed by atoms with Crippen LogP contribution in [0.5, 0.6) is 0 Å². The van der Waals surface area contributed by atoms with Crippen molar-refractivity contribution in [3.05, 3.63) is 29.3 Å². The molecule has 0 fully saturated rings. The smallest absolute Gasteiger partial charge is 0.325 e. The van der Waals surface area contributed by atoms with Crippen molar-refractivity contribution in [2.75, 3.05) is 5.32 Å². The summed E-state index contributed by atoms with van der Waals surface area (Å²) in [6.45, 7) is 3.38. The zero-order valence-corrected chi connectivity index (χ0v) is 8.61. The monoisotopic (exact) mass is 204 g/mol. The van der Waals surface area contributed by atoms with Crippen LogP contribution in [0, 0.1) is 18.3 Å². The number of nitriles is 1. The molecule has 0 aliphatic rings. The van der Waals surface area contributed by atoms with E-state index in [2.05, 4.69) is 11.4 Å². The van der Waals surface area contributed by atoms with Crippen LogP contribution in [0.1, 0.15) is 18.1 Å². The molecular formula is C11H12N2O2. The summed E-state index contributed by atoms with van der Waals surface area (Å²) in [7, 11) is 0. The van der Waals surface area contributed by atoms with Gasteiger partial charge in [0.15, 0.2) is 0 Å². The third-order valence-corrected chi connectivity index (χ3v) is 2.10. The second-order valence-electron chi connectivity index (χ2n) is 3.35. The zero-order chi connectivity index (χ0) is 11.4. The van der Waals surface area contributed by atoms with Crippen LogP contribution in [-0.4, -0.2) is 17.1 Å². The molecule has 1 atom stereocenters. The predicted octanol–water partition coefficient (Wildman–Crippen LogP) is 1.75. The van der Waals surface area contributed by atoms with Crippen molar-refractivity contribution in [2.24, 2.45) is 0 Å². The predicted molar refractivity (Wildman–Crippen MR) is 56.6 cm³/mol. The van der Waals surface area contributed by atoms with Crippen molar-refractivity contribution in [1.29, 1.82) is 5.26 Å². The summed E-state index contributed by atoms with van der Waals surface area (Å²) in [5, 5.41) is 20.2. The Morgan fingerprint density at radius 3 is 2.73 bits per heavy atom. The fraction of sp³-hybridized carbons (Fsp3) is 0.273. The van der Waals surface area contributed by atoms with E-state index in [1.54, 1.807) is 25.1 Å². The van der Waals surface area contributed by atoms with E-state index in [1.165, 1.54) is 0 Å². The first-order valence-electron chi connectivity index (χ1n) is 4.54. The number of anilines is 1. The van der Waals surface area contributed by atoms with Gasteiger partial charge in [0.2, 0.25) is 0 Å². The van der Waals surface area contributed by atoms with Gasteiger partial charge in [-0.1, -0.05) is 0 Å². The molecule has 4 nitrogen and oxygen atoms in total. The average molecular weight is 204 g/mol. The number of hydrogen-bond donors (Lipinski definition) is 2. The molecule has 1 rings (SSSR count). The van der Waals surface area contributed by atoms with Gasteiger partial charge >= 0.3 is 5.97 Å². The third-order valence-electron chi connectivity index (χ3n) is 2.10. The number of hydrogen-bond acceptors (Lipinski definition) is 3.